The molecular formula is C19H21F3N4O. The molecule has 0 bridgehead atoms. The number of pyridine rings is 2. The van der Waals surface area contributed by atoms with Crippen molar-refractivity contribution < 1.29 is 17.9 Å². The molecule has 27 heavy (non-hydrogen) atoms. The molecule has 2 heterocycles. The summed E-state index contributed by atoms with van der Waals surface area (Å²) in [6, 6.07) is 5.25. The van der Waals surface area contributed by atoms with Crippen LogP contribution in [0.15, 0.2) is 42.0 Å². The number of nitrogens with zero attached hydrogens (tertiary/aromatic N) is 3. The van der Waals surface area contributed by atoms with Gasteiger partial charge in [0.05, 0.1) is 17.9 Å². The van der Waals surface area contributed by atoms with E-state index >= 15 is 0 Å². The minimum Gasteiger partial charge on any atom is -0.477 e. The Bertz CT molecular complexity index is 847. The summed E-state index contributed by atoms with van der Waals surface area (Å²) in [5, 5.41) is 0. The monoisotopic (exact) mass is 378 g/mol. The van der Waals surface area contributed by atoms with Crippen LogP contribution in [0.3, 0.4) is 0 Å². The molecule has 0 aliphatic carbocycles. The van der Waals surface area contributed by atoms with E-state index in [0.717, 1.165) is 6.07 Å². The lowest BCUT2D eigenvalue weighted by Gasteiger charge is -2.22. The molecule has 0 unspecified atom stereocenters. The number of ether oxygens (including phenoxy) is 1. The number of aromatic nitrogens is 2. The molecule has 0 aliphatic rings. The first-order chi connectivity index (χ1) is 12.6. The maximum absolute atomic E-state index is 13.5. The third-order valence-electron chi connectivity index (χ3n) is 3.89. The lowest BCUT2D eigenvalue weighted by Crippen LogP contribution is -2.30. The van der Waals surface area contributed by atoms with Gasteiger partial charge >= 0.3 is 6.18 Å². The molecule has 0 amide bonds. The molecular weight excluding hydrogens is 357 g/mol. The Morgan fingerprint density at radius 2 is 1.96 bits per heavy atom. The van der Waals surface area contributed by atoms with Crippen LogP contribution in [-0.4, -0.2) is 29.8 Å². The van der Waals surface area contributed by atoms with Gasteiger partial charge < -0.3 is 10.5 Å². The third kappa shape index (κ3) is 4.91. The van der Waals surface area contributed by atoms with Gasteiger partial charge in [0.2, 0.25) is 5.88 Å². The van der Waals surface area contributed by atoms with Gasteiger partial charge in [-0.2, -0.15) is 13.2 Å². The zero-order valence-electron chi connectivity index (χ0n) is 15.2. The summed E-state index contributed by atoms with van der Waals surface area (Å²) in [5.74, 6) is 0.227. The quantitative estimate of drug-likeness (QED) is 0.731. The topological polar surface area (TPSA) is 73.4 Å². The minimum atomic E-state index is -4.61. The van der Waals surface area contributed by atoms with Crippen molar-refractivity contribution in [3.05, 3.63) is 53.9 Å². The highest BCUT2D eigenvalue weighted by Crippen LogP contribution is 2.38. The zero-order chi connectivity index (χ0) is 20.2. The Morgan fingerprint density at radius 1 is 1.26 bits per heavy atom. The standard InChI is InChI=1S/C19H21F3N4O/c1-12(13-6-5-9-25-17(13)24-4)16-14(19(20,21)22)7-8-15(26-16)27-11-18(2,3)10-23/h5-9H,1,4,10-11,23H2,2-3H3. The second-order valence-corrected chi connectivity index (χ2v) is 6.71. The van der Waals surface area contributed by atoms with Gasteiger partial charge in [-0.15, -0.1) is 0 Å². The fourth-order valence-corrected chi connectivity index (χ4v) is 2.19. The van der Waals surface area contributed by atoms with Crippen LogP contribution in [0.4, 0.5) is 19.0 Å². The molecule has 2 N–H and O–H groups in total. The highest BCUT2D eigenvalue weighted by Gasteiger charge is 2.35. The van der Waals surface area contributed by atoms with E-state index in [0.29, 0.717) is 12.1 Å². The molecule has 0 saturated carbocycles. The van der Waals surface area contributed by atoms with Crippen molar-refractivity contribution in [2.24, 2.45) is 16.1 Å². The van der Waals surface area contributed by atoms with Crippen LogP contribution in [0.2, 0.25) is 0 Å². The summed E-state index contributed by atoms with van der Waals surface area (Å²) < 4.78 is 46.0. The minimum absolute atomic E-state index is 0.0290. The fourth-order valence-electron chi connectivity index (χ4n) is 2.19. The Kier molecular flexibility index (Phi) is 6.00. The number of halogens is 3. The highest BCUT2D eigenvalue weighted by molar-refractivity contribution is 5.83. The molecule has 0 fully saturated rings. The van der Waals surface area contributed by atoms with Gasteiger partial charge in [-0.1, -0.05) is 20.4 Å². The normalized spacial score (nSPS) is 11.9. The Balaban J connectivity index is 2.49. The van der Waals surface area contributed by atoms with E-state index in [-0.39, 0.29) is 35.0 Å². The van der Waals surface area contributed by atoms with Crippen molar-refractivity contribution in [2.45, 2.75) is 20.0 Å². The lowest BCUT2D eigenvalue weighted by molar-refractivity contribution is -0.138. The van der Waals surface area contributed by atoms with E-state index < -0.39 is 11.7 Å². The fraction of sp³-hybridized carbons (Fsp3) is 0.316. The van der Waals surface area contributed by atoms with Crippen LogP contribution >= 0.6 is 0 Å². The van der Waals surface area contributed by atoms with E-state index in [1.807, 2.05) is 13.8 Å². The molecule has 0 aromatic carbocycles. The van der Waals surface area contributed by atoms with Crippen molar-refractivity contribution >= 4 is 18.1 Å². The molecule has 0 radical (unpaired) electrons. The van der Waals surface area contributed by atoms with Crippen LogP contribution in [0.25, 0.3) is 5.57 Å². The van der Waals surface area contributed by atoms with Gasteiger partial charge in [-0.25, -0.2) is 15.0 Å². The molecule has 2 aromatic rings. The highest BCUT2D eigenvalue weighted by atomic mass is 19.4. The van der Waals surface area contributed by atoms with Crippen molar-refractivity contribution in [3.8, 4) is 5.88 Å². The number of aliphatic imine (C=N–C) groups is 1. The molecule has 5 nitrogen and oxygen atoms in total. The van der Waals surface area contributed by atoms with E-state index in [9.17, 15) is 13.2 Å². The lowest BCUT2D eigenvalue weighted by atomic mass is 9.95. The number of alkyl halides is 3. The predicted molar refractivity (Wildman–Crippen MR) is 99.2 cm³/mol. The third-order valence-corrected chi connectivity index (χ3v) is 3.89. The summed E-state index contributed by atoms with van der Waals surface area (Å²) in [6.07, 6.45) is -3.14. The summed E-state index contributed by atoms with van der Waals surface area (Å²) in [5.41, 5.74) is 4.38. The zero-order valence-corrected chi connectivity index (χ0v) is 15.2. The summed E-state index contributed by atoms with van der Waals surface area (Å²) in [7, 11) is 0. The summed E-state index contributed by atoms with van der Waals surface area (Å²) in [4.78, 5) is 11.8. The summed E-state index contributed by atoms with van der Waals surface area (Å²) in [6.45, 7) is 11.5. The number of hydrogen-bond acceptors (Lipinski definition) is 5. The van der Waals surface area contributed by atoms with Crippen LogP contribution in [-0.2, 0) is 6.18 Å². The maximum Gasteiger partial charge on any atom is 0.418 e. The number of rotatable bonds is 7. The van der Waals surface area contributed by atoms with Crippen molar-refractivity contribution in [2.75, 3.05) is 13.2 Å². The SMILES string of the molecule is C=Nc1ncccc1C(=C)c1nc(OCC(C)(C)CN)ccc1C(F)(F)F. The van der Waals surface area contributed by atoms with Gasteiger partial charge in [0.25, 0.3) is 0 Å². The molecule has 144 valence electrons. The van der Waals surface area contributed by atoms with Crippen molar-refractivity contribution in [1.29, 1.82) is 0 Å². The van der Waals surface area contributed by atoms with Gasteiger partial charge in [-0.05, 0) is 24.9 Å². The summed E-state index contributed by atoms with van der Waals surface area (Å²) >= 11 is 0. The van der Waals surface area contributed by atoms with E-state index in [1.165, 1.54) is 12.3 Å². The first kappa shape index (κ1) is 20.6. The molecule has 0 saturated heterocycles. The largest absolute Gasteiger partial charge is 0.477 e. The van der Waals surface area contributed by atoms with Gasteiger partial charge in [-0.3, -0.25) is 0 Å². The average Bonchev–Trinajstić information content (AvgIpc) is 2.64. The Morgan fingerprint density at radius 3 is 2.56 bits per heavy atom. The predicted octanol–water partition coefficient (Wildman–Crippen LogP) is 4.25. The van der Waals surface area contributed by atoms with Gasteiger partial charge in [0, 0.05) is 35.4 Å². The number of hydrogen-bond donors (Lipinski definition) is 1. The van der Waals surface area contributed by atoms with Crippen LogP contribution in [0.5, 0.6) is 5.88 Å². The first-order valence-corrected chi connectivity index (χ1v) is 8.11. The Hall–Kier alpha value is -2.74. The molecule has 2 rings (SSSR count). The maximum atomic E-state index is 13.5. The van der Waals surface area contributed by atoms with Gasteiger partial charge in [0.15, 0.2) is 5.82 Å². The second kappa shape index (κ2) is 7.87. The van der Waals surface area contributed by atoms with E-state index in [1.54, 1.807) is 12.1 Å². The smallest absolute Gasteiger partial charge is 0.418 e. The molecule has 0 spiro atoms. The average molecular weight is 378 g/mol. The van der Waals surface area contributed by atoms with Crippen molar-refractivity contribution in [3.63, 3.8) is 0 Å². The van der Waals surface area contributed by atoms with E-state index in [4.69, 9.17) is 10.5 Å². The molecule has 8 heteroatoms. The van der Waals surface area contributed by atoms with E-state index in [2.05, 4.69) is 28.3 Å². The number of nitrogens with two attached hydrogens (primary N) is 1. The first-order valence-electron chi connectivity index (χ1n) is 8.11. The van der Waals surface area contributed by atoms with Crippen molar-refractivity contribution in [1.82, 2.24) is 9.97 Å². The molecule has 2 aromatic heterocycles. The van der Waals surface area contributed by atoms with Crippen LogP contribution in [0.1, 0.15) is 30.7 Å². The second-order valence-electron chi connectivity index (χ2n) is 6.71. The molecule has 0 atom stereocenters. The van der Waals surface area contributed by atoms with Gasteiger partial charge in [0.1, 0.15) is 0 Å². The van der Waals surface area contributed by atoms with Crippen LogP contribution in [0, 0.1) is 5.41 Å². The Labute approximate surface area is 155 Å². The van der Waals surface area contributed by atoms with Crippen LogP contribution < -0.4 is 10.5 Å². The molecule has 0 aliphatic heterocycles.